The van der Waals surface area contributed by atoms with E-state index in [9.17, 15) is 4.79 Å². The molecule has 0 aliphatic carbocycles. The van der Waals surface area contributed by atoms with Gasteiger partial charge in [-0.2, -0.15) is 0 Å². The normalized spacial score (nSPS) is 11.7. The first-order valence-corrected chi connectivity index (χ1v) is 5.13. The maximum atomic E-state index is 10.9. The van der Waals surface area contributed by atoms with Gasteiger partial charge in [0.1, 0.15) is 0 Å². The monoisotopic (exact) mass is 250 g/mol. The van der Waals surface area contributed by atoms with Crippen LogP contribution in [0.25, 0.3) is 0 Å². The van der Waals surface area contributed by atoms with Gasteiger partial charge in [-0.3, -0.25) is 10.8 Å². The lowest BCUT2D eigenvalue weighted by Gasteiger charge is -2.11. The van der Waals surface area contributed by atoms with E-state index >= 15 is 0 Å². The Kier molecular flexibility index (Phi) is 4.56. The average Bonchev–Trinajstić information content (AvgIpc) is 2.29. The standard InChI is InChI=1S/C12H14N2O4/c1-7(13)18-11(14)9-5-3-8(4-6-9)10(17-2)12(15)16/h3-6,10,13-14H,1-2H3,(H,15,16). The SMILES string of the molecule is COC(C(=O)O)c1ccc(C(=N)OC(C)=N)cc1. The molecular weight excluding hydrogens is 236 g/mol. The van der Waals surface area contributed by atoms with Crippen molar-refractivity contribution in [3.63, 3.8) is 0 Å². The van der Waals surface area contributed by atoms with Crippen LogP contribution in [0.15, 0.2) is 24.3 Å². The highest BCUT2D eigenvalue weighted by molar-refractivity contribution is 5.98. The maximum absolute atomic E-state index is 10.9. The van der Waals surface area contributed by atoms with Gasteiger partial charge >= 0.3 is 5.97 Å². The van der Waals surface area contributed by atoms with Crippen molar-refractivity contribution in [3.05, 3.63) is 35.4 Å². The quantitative estimate of drug-likeness (QED) is 0.559. The zero-order valence-corrected chi connectivity index (χ0v) is 10.1. The van der Waals surface area contributed by atoms with Gasteiger partial charge in [0.2, 0.25) is 5.90 Å². The fraction of sp³-hybridized carbons (Fsp3) is 0.250. The van der Waals surface area contributed by atoms with Crippen molar-refractivity contribution in [1.29, 1.82) is 10.8 Å². The Bertz CT molecular complexity index is 467. The molecule has 0 aliphatic rings. The average molecular weight is 250 g/mol. The molecule has 1 aromatic rings. The molecule has 3 N–H and O–H groups in total. The summed E-state index contributed by atoms with van der Waals surface area (Å²) in [5.74, 6) is -1.31. The molecule has 0 fully saturated rings. The number of ether oxygens (including phenoxy) is 2. The molecule has 0 bridgehead atoms. The third-order valence-electron chi connectivity index (χ3n) is 2.19. The van der Waals surface area contributed by atoms with E-state index in [2.05, 4.69) is 0 Å². The van der Waals surface area contributed by atoms with Crippen LogP contribution in [0.4, 0.5) is 0 Å². The molecule has 96 valence electrons. The van der Waals surface area contributed by atoms with Crippen LogP contribution in [-0.4, -0.2) is 30.0 Å². The smallest absolute Gasteiger partial charge is 0.337 e. The van der Waals surface area contributed by atoms with Crippen LogP contribution in [0.3, 0.4) is 0 Å². The summed E-state index contributed by atoms with van der Waals surface area (Å²) in [5.41, 5.74) is 0.943. The summed E-state index contributed by atoms with van der Waals surface area (Å²) >= 11 is 0. The number of benzene rings is 1. The molecule has 0 amide bonds. The van der Waals surface area contributed by atoms with Crippen LogP contribution in [0.1, 0.15) is 24.2 Å². The summed E-state index contributed by atoms with van der Waals surface area (Å²) in [6.07, 6.45) is -1.03. The third kappa shape index (κ3) is 3.39. The van der Waals surface area contributed by atoms with Crippen LogP contribution in [0, 0.1) is 10.8 Å². The number of carboxylic acid groups (broad SMARTS) is 1. The molecule has 6 heteroatoms. The van der Waals surface area contributed by atoms with E-state index in [4.69, 9.17) is 25.4 Å². The highest BCUT2D eigenvalue weighted by Gasteiger charge is 2.18. The number of aliphatic carboxylic acids is 1. The highest BCUT2D eigenvalue weighted by Crippen LogP contribution is 2.17. The molecule has 6 nitrogen and oxygen atoms in total. The summed E-state index contributed by atoms with van der Waals surface area (Å²) in [6, 6.07) is 6.20. The summed E-state index contributed by atoms with van der Waals surface area (Å²) in [4.78, 5) is 10.9. The lowest BCUT2D eigenvalue weighted by atomic mass is 10.1. The van der Waals surface area contributed by atoms with Crippen LogP contribution < -0.4 is 0 Å². The summed E-state index contributed by atoms with van der Waals surface area (Å²) in [7, 11) is 1.32. The zero-order chi connectivity index (χ0) is 13.7. The lowest BCUT2D eigenvalue weighted by molar-refractivity contribution is -0.148. The number of hydrogen-bond donors (Lipinski definition) is 3. The molecule has 0 heterocycles. The Balaban J connectivity index is 2.88. The van der Waals surface area contributed by atoms with Gasteiger partial charge in [-0.05, 0) is 17.7 Å². The van der Waals surface area contributed by atoms with Gasteiger partial charge < -0.3 is 14.6 Å². The molecule has 0 saturated carbocycles. The molecule has 0 spiro atoms. The van der Waals surface area contributed by atoms with E-state index in [0.29, 0.717) is 11.1 Å². The number of nitrogens with one attached hydrogen (secondary N) is 2. The minimum Gasteiger partial charge on any atom is -0.479 e. The van der Waals surface area contributed by atoms with Crippen LogP contribution in [0.2, 0.25) is 0 Å². The van der Waals surface area contributed by atoms with Gasteiger partial charge in [0, 0.05) is 19.6 Å². The van der Waals surface area contributed by atoms with Crippen molar-refractivity contribution >= 4 is 17.8 Å². The first-order chi connectivity index (χ1) is 8.45. The van der Waals surface area contributed by atoms with Crippen molar-refractivity contribution in [2.24, 2.45) is 0 Å². The second kappa shape index (κ2) is 5.92. The molecule has 1 rings (SSSR count). The van der Waals surface area contributed by atoms with Crippen LogP contribution >= 0.6 is 0 Å². The van der Waals surface area contributed by atoms with Gasteiger partial charge in [0.05, 0.1) is 0 Å². The van der Waals surface area contributed by atoms with Gasteiger partial charge in [0.15, 0.2) is 12.0 Å². The van der Waals surface area contributed by atoms with E-state index in [-0.39, 0.29) is 11.8 Å². The molecule has 0 saturated heterocycles. The second-order valence-electron chi connectivity index (χ2n) is 3.56. The number of rotatable bonds is 4. The summed E-state index contributed by atoms with van der Waals surface area (Å²) in [6.45, 7) is 1.42. The maximum Gasteiger partial charge on any atom is 0.337 e. The van der Waals surface area contributed by atoms with E-state index in [0.717, 1.165) is 0 Å². The summed E-state index contributed by atoms with van der Waals surface area (Å²) in [5, 5.41) is 23.6. The molecular formula is C12H14N2O4. The molecule has 0 radical (unpaired) electrons. The molecule has 1 aromatic carbocycles. The van der Waals surface area contributed by atoms with E-state index in [1.165, 1.54) is 14.0 Å². The number of methoxy groups -OCH3 is 1. The van der Waals surface area contributed by atoms with Gasteiger partial charge in [-0.15, -0.1) is 0 Å². The van der Waals surface area contributed by atoms with Gasteiger partial charge in [0.25, 0.3) is 0 Å². The fourth-order valence-electron chi connectivity index (χ4n) is 1.40. The number of carbonyl (C=O) groups is 1. The predicted molar refractivity (Wildman–Crippen MR) is 65.1 cm³/mol. The predicted octanol–water partition coefficient (Wildman–Crippen LogP) is 1.80. The second-order valence-corrected chi connectivity index (χ2v) is 3.56. The van der Waals surface area contributed by atoms with Crippen molar-refractivity contribution in [3.8, 4) is 0 Å². The van der Waals surface area contributed by atoms with Crippen molar-refractivity contribution in [2.75, 3.05) is 7.11 Å². The number of hydrogen-bond acceptors (Lipinski definition) is 5. The van der Waals surface area contributed by atoms with E-state index in [1.54, 1.807) is 24.3 Å². The Morgan fingerprint density at radius 2 is 1.83 bits per heavy atom. The van der Waals surface area contributed by atoms with Crippen LogP contribution in [0.5, 0.6) is 0 Å². The van der Waals surface area contributed by atoms with Gasteiger partial charge in [-0.1, -0.05) is 12.1 Å². The zero-order valence-electron chi connectivity index (χ0n) is 10.1. The summed E-state index contributed by atoms with van der Waals surface area (Å²) < 4.78 is 9.67. The Labute approximate surface area is 104 Å². The lowest BCUT2D eigenvalue weighted by Crippen LogP contribution is -2.14. The molecule has 18 heavy (non-hydrogen) atoms. The van der Waals surface area contributed by atoms with Crippen molar-refractivity contribution in [2.45, 2.75) is 13.0 Å². The molecule has 0 aromatic heterocycles. The Morgan fingerprint density at radius 3 is 2.22 bits per heavy atom. The first kappa shape index (κ1) is 13.9. The molecule has 1 atom stereocenters. The van der Waals surface area contributed by atoms with Crippen LogP contribution in [-0.2, 0) is 14.3 Å². The molecule has 1 unspecified atom stereocenters. The molecule has 0 aliphatic heterocycles. The van der Waals surface area contributed by atoms with Crippen molar-refractivity contribution < 1.29 is 19.4 Å². The topological polar surface area (TPSA) is 103 Å². The van der Waals surface area contributed by atoms with Gasteiger partial charge in [-0.25, -0.2) is 4.79 Å². The number of carboxylic acids is 1. The largest absolute Gasteiger partial charge is 0.479 e. The Morgan fingerprint density at radius 1 is 1.28 bits per heavy atom. The third-order valence-corrected chi connectivity index (χ3v) is 2.19. The Hall–Kier alpha value is -2.21. The fourth-order valence-corrected chi connectivity index (χ4v) is 1.40. The minimum atomic E-state index is -1.08. The first-order valence-electron chi connectivity index (χ1n) is 5.13. The minimum absolute atomic E-state index is 0.0793. The highest BCUT2D eigenvalue weighted by atomic mass is 16.5. The van der Waals surface area contributed by atoms with E-state index in [1.807, 2.05) is 0 Å². The van der Waals surface area contributed by atoms with E-state index < -0.39 is 12.1 Å². The van der Waals surface area contributed by atoms with Crippen molar-refractivity contribution in [1.82, 2.24) is 0 Å².